The zero-order valence-electron chi connectivity index (χ0n) is 23.1. The van der Waals surface area contributed by atoms with Gasteiger partial charge in [-0.05, 0) is 87.2 Å². The lowest BCUT2D eigenvalue weighted by Gasteiger charge is -2.30. The van der Waals surface area contributed by atoms with Crippen LogP contribution in [0.15, 0.2) is 36.5 Å². The molecule has 1 aliphatic rings. The summed E-state index contributed by atoms with van der Waals surface area (Å²) in [5.74, 6) is -1.29. The van der Waals surface area contributed by atoms with Crippen molar-refractivity contribution in [3.63, 3.8) is 0 Å². The van der Waals surface area contributed by atoms with Gasteiger partial charge in [0.15, 0.2) is 10.9 Å². The average Bonchev–Trinajstić information content (AvgIpc) is 3.42. The van der Waals surface area contributed by atoms with Gasteiger partial charge in [-0.2, -0.15) is 0 Å². The highest BCUT2D eigenvalue weighted by molar-refractivity contribution is 7.19. The van der Waals surface area contributed by atoms with Gasteiger partial charge in [0, 0.05) is 19.3 Å². The van der Waals surface area contributed by atoms with Crippen molar-refractivity contribution in [2.24, 2.45) is 5.92 Å². The molecular weight excluding hydrogens is 553 g/mol. The van der Waals surface area contributed by atoms with Gasteiger partial charge in [-0.3, -0.25) is 19.4 Å². The number of anilines is 1. The van der Waals surface area contributed by atoms with Crippen LogP contribution in [0.5, 0.6) is 5.75 Å². The van der Waals surface area contributed by atoms with Crippen LogP contribution in [0.1, 0.15) is 54.1 Å². The molecule has 7 nitrogen and oxygen atoms in total. The van der Waals surface area contributed by atoms with Crippen LogP contribution < -0.4 is 9.64 Å². The number of benzene rings is 2. The fraction of sp³-hybridized carbons (Fsp3) is 0.433. The summed E-state index contributed by atoms with van der Waals surface area (Å²) in [5.41, 5.74) is 2.89. The Morgan fingerprint density at radius 3 is 2.58 bits per heavy atom. The molecule has 0 bridgehead atoms. The number of likely N-dealkylation sites (tertiary alicyclic amines) is 1. The van der Waals surface area contributed by atoms with Gasteiger partial charge in [0.2, 0.25) is 0 Å². The standard InChI is InChI=1S/C30H35ClFN3O4S/c1-4-5-11-35(28(36)23-7-6-8-24(31)26(23)32)30-33-18-25(40-30)22-16-19(2)27(20(3)17-22)39-15-14-34-12-9-21(10-13-34)29(37)38/h6-8,16-18,21H,4-5,9-15H2,1-3H3,(H,37,38). The SMILES string of the molecule is CCCCN(C(=O)c1cccc(Cl)c1F)c1ncc(-c2cc(C)c(OCCN3CCC(C(=O)O)CC3)c(C)c2)s1. The molecule has 1 saturated heterocycles. The Balaban J connectivity index is 1.46. The highest BCUT2D eigenvalue weighted by atomic mass is 35.5. The monoisotopic (exact) mass is 587 g/mol. The third kappa shape index (κ3) is 7.00. The van der Waals surface area contributed by atoms with Gasteiger partial charge < -0.3 is 9.84 Å². The molecule has 0 aliphatic carbocycles. The normalized spacial score (nSPS) is 14.3. The summed E-state index contributed by atoms with van der Waals surface area (Å²) in [6, 6.07) is 8.54. The number of carboxylic acid groups (broad SMARTS) is 1. The first-order valence-corrected chi connectivity index (χ1v) is 14.8. The Bertz CT molecular complexity index is 1330. The fourth-order valence-electron chi connectivity index (χ4n) is 4.94. The molecule has 1 aromatic heterocycles. The van der Waals surface area contributed by atoms with Crippen LogP contribution in [0.4, 0.5) is 9.52 Å². The van der Waals surface area contributed by atoms with E-state index in [1.54, 1.807) is 12.3 Å². The van der Waals surface area contributed by atoms with Crippen molar-refractivity contribution >= 4 is 39.9 Å². The van der Waals surface area contributed by atoms with Gasteiger partial charge in [-0.15, -0.1) is 0 Å². The zero-order chi connectivity index (χ0) is 28.8. The van der Waals surface area contributed by atoms with Crippen molar-refractivity contribution in [2.75, 3.05) is 37.7 Å². The number of amides is 1. The van der Waals surface area contributed by atoms with Gasteiger partial charge in [-0.1, -0.05) is 42.3 Å². The molecule has 1 N–H and O–H groups in total. The highest BCUT2D eigenvalue weighted by Crippen LogP contribution is 2.36. The number of ether oxygens (including phenoxy) is 1. The molecule has 0 saturated carbocycles. The van der Waals surface area contributed by atoms with E-state index in [1.165, 1.54) is 28.4 Å². The number of aryl methyl sites for hydroxylation is 2. The first-order valence-electron chi connectivity index (χ1n) is 13.6. The highest BCUT2D eigenvalue weighted by Gasteiger charge is 2.26. The van der Waals surface area contributed by atoms with Crippen molar-refractivity contribution in [3.8, 4) is 16.2 Å². The Morgan fingerprint density at radius 1 is 1.23 bits per heavy atom. The van der Waals surface area contributed by atoms with Gasteiger partial charge in [0.1, 0.15) is 12.4 Å². The summed E-state index contributed by atoms with van der Waals surface area (Å²) in [7, 11) is 0. The van der Waals surface area contributed by atoms with E-state index in [2.05, 4.69) is 9.88 Å². The lowest BCUT2D eigenvalue weighted by atomic mass is 9.97. The first kappa shape index (κ1) is 30.0. The van der Waals surface area contributed by atoms with Crippen LogP contribution in [0.25, 0.3) is 10.4 Å². The van der Waals surface area contributed by atoms with Crippen LogP contribution >= 0.6 is 22.9 Å². The Morgan fingerprint density at radius 2 is 1.93 bits per heavy atom. The molecule has 4 rings (SSSR count). The van der Waals surface area contributed by atoms with E-state index in [0.717, 1.165) is 59.8 Å². The second kappa shape index (κ2) is 13.6. The van der Waals surface area contributed by atoms with Crippen LogP contribution in [0.3, 0.4) is 0 Å². The van der Waals surface area contributed by atoms with E-state index in [9.17, 15) is 19.1 Å². The van der Waals surface area contributed by atoms with Gasteiger partial charge in [0.25, 0.3) is 5.91 Å². The molecule has 0 unspecified atom stereocenters. The summed E-state index contributed by atoms with van der Waals surface area (Å²) in [6.07, 6.45) is 4.73. The smallest absolute Gasteiger partial charge is 0.306 e. The molecule has 1 amide bonds. The summed E-state index contributed by atoms with van der Waals surface area (Å²) >= 11 is 7.32. The number of carbonyl (C=O) groups is 2. The number of nitrogens with zero attached hydrogens (tertiary/aromatic N) is 3. The summed E-state index contributed by atoms with van der Waals surface area (Å²) in [4.78, 5) is 33.7. The van der Waals surface area contributed by atoms with E-state index < -0.39 is 17.7 Å². The van der Waals surface area contributed by atoms with Crippen molar-refractivity contribution in [1.82, 2.24) is 9.88 Å². The van der Waals surface area contributed by atoms with Crippen molar-refractivity contribution in [3.05, 3.63) is 64.1 Å². The molecule has 0 radical (unpaired) electrons. The maximum absolute atomic E-state index is 14.7. The minimum atomic E-state index is -0.723. The molecule has 214 valence electrons. The van der Waals surface area contributed by atoms with Crippen LogP contribution in [0, 0.1) is 25.6 Å². The van der Waals surface area contributed by atoms with E-state index in [1.807, 2.05) is 32.9 Å². The second-order valence-electron chi connectivity index (χ2n) is 10.2. The zero-order valence-corrected chi connectivity index (χ0v) is 24.7. The first-order chi connectivity index (χ1) is 19.2. The van der Waals surface area contributed by atoms with Crippen LogP contribution in [-0.2, 0) is 4.79 Å². The molecule has 0 atom stereocenters. The predicted molar refractivity (Wildman–Crippen MR) is 157 cm³/mol. The minimum absolute atomic E-state index is 0.0696. The van der Waals surface area contributed by atoms with Crippen molar-refractivity contribution in [1.29, 1.82) is 0 Å². The number of hydrogen-bond donors (Lipinski definition) is 1. The Kier molecular flexibility index (Phi) is 10.2. The summed E-state index contributed by atoms with van der Waals surface area (Å²) in [6.45, 7) is 9.28. The number of unbranched alkanes of at least 4 members (excludes halogenated alkanes) is 1. The lowest BCUT2D eigenvalue weighted by Crippen LogP contribution is -2.38. The average molecular weight is 588 g/mol. The van der Waals surface area contributed by atoms with Gasteiger partial charge in [0.05, 0.1) is 21.4 Å². The molecule has 0 spiro atoms. The number of rotatable bonds is 11. The summed E-state index contributed by atoms with van der Waals surface area (Å²) < 4.78 is 20.8. The number of aromatic nitrogens is 1. The topological polar surface area (TPSA) is 83.0 Å². The third-order valence-corrected chi connectivity index (χ3v) is 8.58. The number of hydrogen-bond acceptors (Lipinski definition) is 6. The number of carboxylic acids is 1. The number of carbonyl (C=O) groups excluding carboxylic acids is 1. The summed E-state index contributed by atoms with van der Waals surface area (Å²) in [5, 5.41) is 9.61. The molecule has 1 aliphatic heterocycles. The molecule has 2 aromatic carbocycles. The number of piperidine rings is 1. The van der Waals surface area contributed by atoms with E-state index in [4.69, 9.17) is 16.3 Å². The van der Waals surface area contributed by atoms with Gasteiger partial charge >= 0.3 is 5.97 Å². The molecule has 2 heterocycles. The Hall–Kier alpha value is -3.01. The van der Waals surface area contributed by atoms with E-state index in [0.29, 0.717) is 31.1 Å². The fourth-order valence-corrected chi connectivity index (χ4v) is 6.04. The lowest BCUT2D eigenvalue weighted by molar-refractivity contribution is -0.143. The third-order valence-electron chi connectivity index (χ3n) is 7.22. The Labute approximate surface area is 243 Å². The molecule has 1 fully saturated rings. The minimum Gasteiger partial charge on any atom is -0.492 e. The number of thiazole rings is 1. The number of aliphatic carboxylic acids is 1. The van der Waals surface area contributed by atoms with Crippen molar-refractivity contribution < 1.29 is 23.8 Å². The van der Waals surface area contributed by atoms with E-state index >= 15 is 0 Å². The maximum Gasteiger partial charge on any atom is 0.306 e. The quantitative estimate of drug-likeness (QED) is 0.264. The number of halogens is 2. The van der Waals surface area contributed by atoms with Crippen molar-refractivity contribution in [2.45, 2.75) is 46.5 Å². The molecule has 3 aromatic rings. The molecule has 40 heavy (non-hydrogen) atoms. The maximum atomic E-state index is 14.7. The predicted octanol–water partition coefficient (Wildman–Crippen LogP) is 6.84. The van der Waals surface area contributed by atoms with Crippen LogP contribution in [-0.4, -0.2) is 59.7 Å². The van der Waals surface area contributed by atoms with E-state index in [-0.39, 0.29) is 16.5 Å². The second-order valence-corrected chi connectivity index (χ2v) is 11.6. The van der Waals surface area contributed by atoms with Crippen LogP contribution in [0.2, 0.25) is 5.02 Å². The van der Waals surface area contributed by atoms with Gasteiger partial charge in [-0.25, -0.2) is 9.37 Å². The largest absolute Gasteiger partial charge is 0.492 e. The molecule has 10 heteroatoms. The molecular formula is C30H35ClFN3O4S.